The van der Waals surface area contributed by atoms with Crippen LogP contribution in [0, 0.1) is 6.92 Å². The van der Waals surface area contributed by atoms with E-state index in [1.165, 1.54) is 0 Å². The topological polar surface area (TPSA) is 68.0 Å². The van der Waals surface area contributed by atoms with Gasteiger partial charge in [0.2, 0.25) is 0 Å². The summed E-state index contributed by atoms with van der Waals surface area (Å²) in [6.07, 6.45) is 0.551. The molecule has 0 spiro atoms. The molecule has 0 unspecified atom stereocenters. The van der Waals surface area contributed by atoms with Crippen LogP contribution in [0.3, 0.4) is 0 Å². The Hall–Kier alpha value is -1.69. The van der Waals surface area contributed by atoms with Crippen LogP contribution in [0.4, 0.5) is 0 Å². The van der Waals surface area contributed by atoms with E-state index in [1.807, 2.05) is 32.0 Å². The van der Waals surface area contributed by atoms with Gasteiger partial charge in [-0.1, -0.05) is 24.3 Å². The monoisotopic (exact) mass is 309 g/mol. The molecule has 5 nitrogen and oxygen atoms in total. The first kappa shape index (κ1) is 12.8. The van der Waals surface area contributed by atoms with Crippen LogP contribution in [0.5, 0.6) is 0 Å². The molecule has 1 heterocycles. The van der Waals surface area contributed by atoms with Gasteiger partial charge in [-0.3, -0.25) is 0 Å². The zero-order valence-corrected chi connectivity index (χ0v) is 11.6. The maximum atomic E-state index is 11.0. The highest BCUT2D eigenvalue weighted by molar-refractivity contribution is 9.10. The molecule has 1 N–H and O–H groups in total. The summed E-state index contributed by atoms with van der Waals surface area (Å²) in [4.78, 5) is 11.0. The highest BCUT2D eigenvalue weighted by Crippen LogP contribution is 2.25. The first-order chi connectivity index (χ1) is 8.56. The molecule has 0 aliphatic rings. The molecular weight excluding hydrogens is 298 g/mol. The molecule has 2 aromatic rings. The van der Waals surface area contributed by atoms with E-state index >= 15 is 0 Å². The minimum atomic E-state index is -1.05. The van der Waals surface area contributed by atoms with Gasteiger partial charge in [0.05, 0.1) is 11.4 Å². The van der Waals surface area contributed by atoms with E-state index in [4.69, 9.17) is 5.11 Å². The van der Waals surface area contributed by atoms with Crippen LogP contribution in [0.2, 0.25) is 0 Å². The molecule has 6 heteroatoms. The van der Waals surface area contributed by atoms with Crippen molar-refractivity contribution in [2.45, 2.75) is 20.3 Å². The lowest BCUT2D eigenvalue weighted by atomic mass is 10.2. The van der Waals surface area contributed by atoms with Crippen molar-refractivity contribution in [1.29, 1.82) is 0 Å². The summed E-state index contributed by atoms with van der Waals surface area (Å²) in [5, 5.41) is 16.7. The summed E-state index contributed by atoms with van der Waals surface area (Å²) in [5.74, 6) is -1.05. The number of rotatable bonds is 3. The third-order valence-electron chi connectivity index (χ3n) is 2.70. The van der Waals surface area contributed by atoms with Crippen molar-refractivity contribution >= 4 is 21.9 Å². The number of aryl methyl sites for hydroxylation is 1. The van der Waals surface area contributed by atoms with Crippen LogP contribution in [0.15, 0.2) is 22.7 Å². The summed E-state index contributed by atoms with van der Waals surface area (Å²) in [5.41, 5.74) is 2.45. The molecule has 0 saturated heterocycles. The van der Waals surface area contributed by atoms with Crippen LogP contribution < -0.4 is 0 Å². The van der Waals surface area contributed by atoms with Gasteiger partial charge in [0.25, 0.3) is 0 Å². The zero-order valence-electron chi connectivity index (χ0n) is 10.0. The van der Waals surface area contributed by atoms with Gasteiger partial charge >= 0.3 is 5.97 Å². The fraction of sp³-hybridized carbons (Fsp3) is 0.250. The number of nitrogens with zero attached hydrogens (tertiary/aromatic N) is 3. The second kappa shape index (κ2) is 4.89. The highest BCUT2D eigenvalue weighted by atomic mass is 79.9. The number of carboxylic acid groups (broad SMARTS) is 1. The lowest BCUT2D eigenvalue weighted by Gasteiger charge is -2.09. The van der Waals surface area contributed by atoms with Crippen molar-refractivity contribution in [3.05, 3.63) is 39.6 Å². The standard InChI is InChI=1S/C12H12BrN3O2/c1-3-8-11(12(17)18)14-15-16(8)9-6-4-5-7(2)10(9)13/h4-6H,3H2,1-2H3,(H,17,18). The van der Waals surface area contributed by atoms with Crippen LogP contribution in [0.25, 0.3) is 5.69 Å². The molecule has 0 bridgehead atoms. The largest absolute Gasteiger partial charge is 0.476 e. The van der Waals surface area contributed by atoms with Crippen molar-refractivity contribution in [3.8, 4) is 5.69 Å². The average Bonchev–Trinajstić information content (AvgIpc) is 2.76. The number of hydrogen-bond acceptors (Lipinski definition) is 3. The van der Waals surface area contributed by atoms with Crippen LogP contribution >= 0.6 is 15.9 Å². The molecular formula is C12H12BrN3O2. The zero-order chi connectivity index (χ0) is 13.3. The van der Waals surface area contributed by atoms with Gasteiger partial charge in [0.1, 0.15) is 0 Å². The van der Waals surface area contributed by atoms with E-state index in [-0.39, 0.29) is 5.69 Å². The van der Waals surface area contributed by atoms with E-state index in [2.05, 4.69) is 26.2 Å². The van der Waals surface area contributed by atoms with Crippen molar-refractivity contribution < 1.29 is 9.90 Å². The molecule has 94 valence electrons. The van der Waals surface area contributed by atoms with Crippen LogP contribution in [0.1, 0.15) is 28.7 Å². The number of aromatic nitrogens is 3. The molecule has 1 aromatic heterocycles. The quantitative estimate of drug-likeness (QED) is 0.946. The van der Waals surface area contributed by atoms with Gasteiger partial charge < -0.3 is 5.11 Å². The second-order valence-corrected chi connectivity index (χ2v) is 4.66. The third kappa shape index (κ3) is 2.03. The van der Waals surface area contributed by atoms with Gasteiger partial charge in [0.15, 0.2) is 5.69 Å². The number of carbonyl (C=O) groups is 1. The van der Waals surface area contributed by atoms with Gasteiger partial charge in [-0.25, -0.2) is 9.48 Å². The molecule has 0 aliphatic carbocycles. The third-order valence-corrected chi connectivity index (χ3v) is 3.73. The Morgan fingerprint density at radius 2 is 2.22 bits per heavy atom. The fourth-order valence-corrected chi connectivity index (χ4v) is 2.21. The smallest absolute Gasteiger partial charge is 0.358 e. The first-order valence-corrected chi connectivity index (χ1v) is 6.29. The second-order valence-electron chi connectivity index (χ2n) is 3.86. The Bertz CT molecular complexity index is 607. The number of halogens is 1. The number of aromatic carboxylic acids is 1. The Labute approximate surface area is 113 Å². The summed E-state index contributed by atoms with van der Waals surface area (Å²) >= 11 is 3.49. The minimum absolute atomic E-state index is 0.00547. The van der Waals surface area contributed by atoms with E-state index in [1.54, 1.807) is 4.68 Å². The lowest BCUT2D eigenvalue weighted by molar-refractivity contribution is 0.0689. The molecule has 0 amide bonds. The highest BCUT2D eigenvalue weighted by Gasteiger charge is 2.19. The van der Waals surface area contributed by atoms with Crippen molar-refractivity contribution in [1.82, 2.24) is 15.0 Å². The molecule has 18 heavy (non-hydrogen) atoms. The van der Waals surface area contributed by atoms with Gasteiger partial charge in [-0.2, -0.15) is 0 Å². The molecule has 0 fully saturated rings. The van der Waals surface area contributed by atoms with Gasteiger partial charge in [0, 0.05) is 4.47 Å². The molecule has 2 rings (SSSR count). The van der Waals surface area contributed by atoms with Crippen LogP contribution in [-0.4, -0.2) is 26.1 Å². The van der Waals surface area contributed by atoms with Crippen molar-refractivity contribution in [2.75, 3.05) is 0 Å². The van der Waals surface area contributed by atoms with E-state index in [0.29, 0.717) is 12.1 Å². The minimum Gasteiger partial charge on any atom is -0.476 e. The predicted octanol–water partition coefficient (Wildman–Crippen LogP) is 2.60. The summed E-state index contributed by atoms with van der Waals surface area (Å²) in [6, 6.07) is 5.74. The molecule has 0 saturated carbocycles. The predicted molar refractivity (Wildman–Crippen MR) is 70.1 cm³/mol. The Morgan fingerprint density at radius 1 is 1.50 bits per heavy atom. The molecule has 1 aromatic carbocycles. The van der Waals surface area contributed by atoms with Crippen molar-refractivity contribution in [3.63, 3.8) is 0 Å². The Balaban J connectivity index is 2.65. The number of carboxylic acids is 1. The summed E-state index contributed by atoms with van der Waals surface area (Å²) < 4.78 is 2.46. The van der Waals surface area contributed by atoms with E-state index in [9.17, 15) is 4.79 Å². The normalized spacial score (nSPS) is 10.6. The SMILES string of the molecule is CCc1c(C(=O)O)nnn1-c1cccc(C)c1Br. The molecule has 0 aliphatic heterocycles. The van der Waals surface area contributed by atoms with Gasteiger partial charge in [-0.05, 0) is 40.9 Å². The van der Waals surface area contributed by atoms with E-state index in [0.717, 1.165) is 15.7 Å². The Morgan fingerprint density at radius 3 is 2.83 bits per heavy atom. The first-order valence-electron chi connectivity index (χ1n) is 5.49. The maximum Gasteiger partial charge on any atom is 0.358 e. The molecule has 0 radical (unpaired) electrons. The average molecular weight is 310 g/mol. The van der Waals surface area contributed by atoms with E-state index < -0.39 is 5.97 Å². The number of hydrogen-bond donors (Lipinski definition) is 1. The fourth-order valence-electron chi connectivity index (χ4n) is 1.77. The Kier molecular flexibility index (Phi) is 3.47. The lowest BCUT2D eigenvalue weighted by Crippen LogP contribution is -2.06. The van der Waals surface area contributed by atoms with Gasteiger partial charge in [-0.15, -0.1) is 5.10 Å². The molecule has 0 atom stereocenters. The van der Waals surface area contributed by atoms with Crippen molar-refractivity contribution in [2.24, 2.45) is 0 Å². The summed E-state index contributed by atoms with van der Waals surface area (Å²) in [6.45, 7) is 3.85. The van der Waals surface area contributed by atoms with Crippen LogP contribution in [-0.2, 0) is 6.42 Å². The number of benzene rings is 1. The maximum absolute atomic E-state index is 11.0. The summed E-state index contributed by atoms with van der Waals surface area (Å²) in [7, 11) is 0.